The van der Waals surface area contributed by atoms with E-state index < -0.39 is 16.3 Å². The molecule has 2 heterocycles. The lowest BCUT2D eigenvalue weighted by Gasteiger charge is -2.33. The Morgan fingerprint density at radius 2 is 1.93 bits per heavy atom. The zero-order valence-corrected chi connectivity index (χ0v) is 17.8. The van der Waals surface area contributed by atoms with Crippen LogP contribution in [0.3, 0.4) is 0 Å². The summed E-state index contributed by atoms with van der Waals surface area (Å²) < 4.78 is 33.6. The Balaban J connectivity index is 1.42. The van der Waals surface area contributed by atoms with Crippen LogP contribution in [-0.2, 0) is 24.3 Å². The molecule has 162 valence electrons. The lowest BCUT2D eigenvalue weighted by atomic mass is 9.94. The second kappa shape index (κ2) is 8.13. The lowest BCUT2D eigenvalue weighted by molar-refractivity contribution is -0.121. The first-order valence-electron chi connectivity index (χ1n) is 10.3. The molecule has 3 aliphatic rings. The van der Waals surface area contributed by atoms with Gasteiger partial charge in [-0.25, -0.2) is 8.42 Å². The van der Waals surface area contributed by atoms with E-state index >= 15 is 0 Å². The third-order valence-electron chi connectivity index (χ3n) is 6.12. The molecule has 0 radical (unpaired) electrons. The smallest absolute Gasteiger partial charge is 0.245 e. The van der Waals surface area contributed by atoms with Crippen LogP contribution in [0.5, 0.6) is 0 Å². The molecular formula is C21H27N3O5S. The second-order valence-corrected chi connectivity index (χ2v) is 10.1. The Morgan fingerprint density at radius 3 is 2.57 bits per heavy atom. The van der Waals surface area contributed by atoms with Gasteiger partial charge in [0, 0.05) is 31.7 Å². The van der Waals surface area contributed by atoms with E-state index in [0.29, 0.717) is 25.1 Å². The highest BCUT2D eigenvalue weighted by atomic mass is 32.2. The molecule has 4 rings (SSSR count). The number of hydrogen-bond donors (Lipinski definition) is 1. The third kappa shape index (κ3) is 4.14. The average Bonchev–Trinajstić information content (AvgIpc) is 3.52. The first-order valence-corrected chi connectivity index (χ1v) is 11.7. The average molecular weight is 434 g/mol. The summed E-state index contributed by atoms with van der Waals surface area (Å²) in [4.78, 5) is 25.5. The van der Waals surface area contributed by atoms with Crippen LogP contribution in [0.4, 0.5) is 5.69 Å². The van der Waals surface area contributed by atoms with Crippen LogP contribution in [0.15, 0.2) is 41.8 Å². The van der Waals surface area contributed by atoms with Gasteiger partial charge in [-0.05, 0) is 61.9 Å². The predicted octanol–water partition coefficient (Wildman–Crippen LogP) is 1.49. The van der Waals surface area contributed by atoms with Gasteiger partial charge < -0.3 is 15.0 Å². The fraction of sp³-hybridized carbons (Fsp3) is 0.524. The molecule has 30 heavy (non-hydrogen) atoms. The first-order chi connectivity index (χ1) is 14.3. The van der Waals surface area contributed by atoms with Gasteiger partial charge in [0.1, 0.15) is 6.23 Å². The van der Waals surface area contributed by atoms with Crippen LogP contribution in [0.1, 0.15) is 25.7 Å². The van der Waals surface area contributed by atoms with Gasteiger partial charge in [0.15, 0.2) is 0 Å². The van der Waals surface area contributed by atoms with Crippen molar-refractivity contribution in [1.82, 2.24) is 9.62 Å². The number of ether oxygens (including phenoxy) is 1. The Labute approximate surface area is 176 Å². The minimum Gasteiger partial charge on any atom is -0.354 e. The fourth-order valence-corrected chi connectivity index (χ4v) is 5.62. The molecule has 1 aromatic rings. The molecule has 1 aliphatic carbocycles. The summed E-state index contributed by atoms with van der Waals surface area (Å²) in [6.07, 6.45) is 3.74. The van der Waals surface area contributed by atoms with E-state index in [9.17, 15) is 18.0 Å². The van der Waals surface area contributed by atoms with E-state index in [2.05, 4.69) is 11.9 Å². The number of benzene rings is 1. The largest absolute Gasteiger partial charge is 0.354 e. The molecule has 0 aromatic heterocycles. The van der Waals surface area contributed by atoms with Gasteiger partial charge in [-0.2, -0.15) is 4.31 Å². The molecule has 9 heteroatoms. The molecule has 3 fully saturated rings. The number of carbonyl (C=O) groups excluding carboxylic acids is 2. The van der Waals surface area contributed by atoms with Crippen molar-refractivity contribution >= 4 is 27.5 Å². The molecule has 3 atom stereocenters. The number of carbonyl (C=O) groups is 2. The van der Waals surface area contributed by atoms with E-state index in [4.69, 9.17) is 4.74 Å². The molecule has 3 unspecified atom stereocenters. The van der Waals surface area contributed by atoms with Crippen LogP contribution < -0.4 is 10.2 Å². The van der Waals surface area contributed by atoms with Gasteiger partial charge in [0.2, 0.25) is 21.8 Å². The molecule has 0 bridgehead atoms. The molecule has 8 nitrogen and oxygen atoms in total. The molecular weight excluding hydrogens is 406 g/mol. The monoisotopic (exact) mass is 433 g/mol. The Bertz CT molecular complexity index is 942. The summed E-state index contributed by atoms with van der Waals surface area (Å²) in [5.74, 6) is 0.0970. The molecule has 0 spiro atoms. The van der Waals surface area contributed by atoms with Crippen molar-refractivity contribution in [3.8, 4) is 0 Å². The maximum absolute atomic E-state index is 13.1. The molecule has 2 aliphatic heterocycles. The zero-order valence-electron chi connectivity index (χ0n) is 17.0. The van der Waals surface area contributed by atoms with E-state index in [1.807, 2.05) is 0 Å². The Kier molecular flexibility index (Phi) is 5.69. The number of amides is 2. The van der Waals surface area contributed by atoms with E-state index in [1.165, 1.54) is 10.4 Å². The quantitative estimate of drug-likeness (QED) is 0.686. The van der Waals surface area contributed by atoms with Crippen LogP contribution in [0.25, 0.3) is 0 Å². The van der Waals surface area contributed by atoms with Crippen molar-refractivity contribution in [2.45, 2.75) is 42.9 Å². The predicted molar refractivity (Wildman–Crippen MR) is 111 cm³/mol. The molecule has 1 aromatic carbocycles. The van der Waals surface area contributed by atoms with Crippen molar-refractivity contribution in [2.75, 3.05) is 25.0 Å². The van der Waals surface area contributed by atoms with Crippen molar-refractivity contribution in [3.05, 3.63) is 36.9 Å². The minimum atomic E-state index is -3.67. The number of sulfonamides is 1. The van der Waals surface area contributed by atoms with Crippen molar-refractivity contribution in [1.29, 1.82) is 0 Å². The number of hydrogen-bond acceptors (Lipinski definition) is 5. The highest BCUT2D eigenvalue weighted by Crippen LogP contribution is 2.35. The van der Waals surface area contributed by atoms with E-state index in [0.717, 1.165) is 12.8 Å². The Morgan fingerprint density at radius 1 is 1.23 bits per heavy atom. The molecule has 1 N–H and O–H groups in total. The number of rotatable bonds is 6. The van der Waals surface area contributed by atoms with Crippen molar-refractivity contribution in [2.24, 2.45) is 11.8 Å². The summed E-state index contributed by atoms with van der Waals surface area (Å²) in [6, 6.07) is 6.45. The van der Waals surface area contributed by atoms with Crippen molar-refractivity contribution < 1.29 is 22.7 Å². The number of anilines is 1. The number of fused-ring (bicyclic) bond motifs is 1. The second-order valence-electron chi connectivity index (χ2n) is 8.19. The molecule has 2 saturated heterocycles. The maximum atomic E-state index is 13.1. The van der Waals surface area contributed by atoms with E-state index in [-0.39, 0.29) is 41.2 Å². The SMILES string of the molecule is C=CC(=O)NC1CC2CCN(S(=O)(=O)c3ccc(N(C)C(=O)C4CC4)cc3)CC2O1. The fourth-order valence-electron chi connectivity index (χ4n) is 4.15. The molecule has 1 saturated carbocycles. The normalized spacial score (nSPS) is 26.6. The van der Waals surface area contributed by atoms with Crippen LogP contribution in [0, 0.1) is 11.8 Å². The summed E-state index contributed by atoms with van der Waals surface area (Å²) in [5, 5.41) is 2.73. The highest BCUT2D eigenvalue weighted by Gasteiger charge is 2.42. The number of nitrogens with one attached hydrogen (secondary N) is 1. The standard InChI is InChI=1S/C21H27N3O5S/c1-3-19(25)22-20-12-15-10-11-24(13-18(15)29-20)30(27,28)17-8-6-16(7-9-17)23(2)21(26)14-4-5-14/h3,6-9,14-15,18,20H,1,4-5,10-13H2,2H3,(H,22,25). The number of piperidine rings is 1. The lowest BCUT2D eigenvalue weighted by Crippen LogP contribution is -2.45. The Hall–Kier alpha value is -2.23. The summed E-state index contributed by atoms with van der Waals surface area (Å²) in [6.45, 7) is 4.11. The summed E-state index contributed by atoms with van der Waals surface area (Å²) in [5.41, 5.74) is 0.685. The van der Waals surface area contributed by atoms with Gasteiger partial charge in [0.25, 0.3) is 0 Å². The topological polar surface area (TPSA) is 96.0 Å². The highest BCUT2D eigenvalue weighted by molar-refractivity contribution is 7.89. The van der Waals surface area contributed by atoms with Gasteiger partial charge in [-0.15, -0.1) is 0 Å². The van der Waals surface area contributed by atoms with Crippen LogP contribution in [-0.4, -0.2) is 57.0 Å². The third-order valence-corrected chi connectivity index (χ3v) is 8.00. The van der Waals surface area contributed by atoms with Gasteiger partial charge >= 0.3 is 0 Å². The summed E-state index contributed by atoms with van der Waals surface area (Å²) in [7, 11) is -1.95. The van der Waals surface area contributed by atoms with Crippen LogP contribution in [0.2, 0.25) is 0 Å². The van der Waals surface area contributed by atoms with Gasteiger partial charge in [-0.3, -0.25) is 9.59 Å². The first kappa shape index (κ1) is 21.0. The minimum absolute atomic E-state index is 0.0733. The number of nitrogens with zero attached hydrogens (tertiary/aromatic N) is 2. The zero-order chi connectivity index (χ0) is 21.5. The maximum Gasteiger partial charge on any atom is 0.245 e. The van der Waals surface area contributed by atoms with Crippen molar-refractivity contribution in [3.63, 3.8) is 0 Å². The van der Waals surface area contributed by atoms with Gasteiger partial charge in [0.05, 0.1) is 11.0 Å². The van der Waals surface area contributed by atoms with Gasteiger partial charge in [-0.1, -0.05) is 6.58 Å². The molecule has 2 amide bonds. The van der Waals surface area contributed by atoms with E-state index in [1.54, 1.807) is 36.2 Å². The summed E-state index contributed by atoms with van der Waals surface area (Å²) >= 11 is 0. The van der Waals surface area contributed by atoms with Crippen LogP contribution >= 0.6 is 0 Å².